The summed E-state index contributed by atoms with van der Waals surface area (Å²) < 4.78 is 1.86. The quantitative estimate of drug-likeness (QED) is 0.799. The normalized spacial score (nSPS) is 17.3. The van der Waals surface area contributed by atoms with Crippen LogP contribution in [0.2, 0.25) is 0 Å². The van der Waals surface area contributed by atoms with E-state index in [-0.39, 0.29) is 0 Å². The summed E-state index contributed by atoms with van der Waals surface area (Å²) in [5.74, 6) is 3.03. The number of para-hydroxylation sites is 1. The van der Waals surface area contributed by atoms with Gasteiger partial charge in [-0.25, -0.2) is 14.6 Å². The molecule has 1 fully saturated rings. The van der Waals surface area contributed by atoms with E-state index in [1.54, 1.807) is 6.20 Å². The molecule has 1 saturated heterocycles. The van der Waals surface area contributed by atoms with Crippen molar-refractivity contribution in [2.45, 2.75) is 12.5 Å². The maximum atomic E-state index is 4.63. The lowest BCUT2D eigenvalue weighted by Crippen LogP contribution is -2.19. The number of rotatable bonds is 4. The summed E-state index contributed by atoms with van der Waals surface area (Å²) >= 11 is 1.97. The van der Waals surface area contributed by atoms with Crippen molar-refractivity contribution in [1.82, 2.24) is 19.7 Å². The highest BCUT2D eigenvalue weighted by molar-refractivity contribution is 7.99. The van der Waals surface area contributed by atoms with Crippen molar-refractivity contribution in [1.29, 1.82) is 0 Å². The smallest absolute Gasteiger partial charge is 0.223 e. The zero-order valence-corrected chi connectivity index (χ0v) is 13.4. The molecule has 1 aromatic carbocycles. The molecule has 3 aromatic rings. The van der Waals surface area contributed by atoms with Crippen LogP contribution in [0.25, 0.3) is 16.9 Å². The van der Waals surface area contributed by atoms with Crippen LogP contribution < -0.4 is 5.32 Å². The summed E-state index contributed by atoms with van der Waals surface area (Å²) in [5, 5.41) is 7.85. The third-order valence-electron chi connectivity index (χ3n) is 3.82. The van der Waals surface area contributed by atoms with Crippen LogP contribution in [0.1, 0.15) is 6.42 Å². The van der Waals surface area contributed by atoms with Crippen molar-refractivity contribution >= 4 is 17.7 Å². The van der Waals surface area contributed by atoms with Crippen molar-refractivity contribution in [3.8, 4) is 16.9 Å². The van der Waals surface area contributed by atoms with Gasteiger partial charge in [0.1, 0.15) is 0 Å². The lowest BCUT2D eigenvalue weighted by atomic mass is 10.2. The Morgan fingerprint density at radius 3 is 2.91 bits per heavy atom. The minimum absolute atomic E-state index is 0.474. The monoisotopic (exact) mass is 323 g/mol. The highest BCUT2D eigenvalue weighted by Crippen LogP contribution is 2.22. The van der Waals surface area contributed by atoms with Crippen molar-refractivity contribution in [3.63, 3.8) is 0 Å². The van der Waals surface area contributed by atoms with E-state index in [1.165, 1.54) is 12.2 Å². The van der Waals surface area contributed by atoms with Crippen LogP contribution in [0, 0.1) is 0 Å². The van der Waals surface area contributed by atoms with Gasteiger partial charge in [0.15, 0.2) is 0 Å². The van der Waals surface area contributed by atoms with E-state index in [4.69, 9.17) is 0 Å². The lowest BCUT2D eigenvalue weighted by molar-refractivity contribution is 0.798. The maximum Gasteiger partial charge on any atom is 0.223 e. The molecule has 0 radical (unpaired) electrons. The molecule has 5 nitrogen and oxygen atoms in total. The van der Waals surface area contributed by atoms with Gasteiger partial charge in [-0.15, -0.1) is 0 Å². The second-order valence-corrected chi connectivity index (χ2v) is 6.63. The first-order valence-electron chi connectivity index (χ1n) is 7.66. The summed E-state index contributed by atoms with van der Waals surface area (Å²) in [6.07, 6.45) is 6.80. The highest BCUT2D eigenvalue weighted by atomic mass is 32.2. The summed E-state index contributed by atoms with van der Waals surface area (Å²) in [5.41, 5.74) is 2.91. The fraction of sp³-hybridized carbons (Fsp3) is 0.235. The third kappa shape index (κ3) is 3.22. The molecule has 1 unspecified atom stereocenters. The number of hydrogen-bond acceptors (Lipinski definition) is 5. The van der Waals surface area contributed by atoms with Gasteiger partial charge in [-0.3, -0.25) is 0 Å². The largest absolute Gasteiger partial charge is 0.351 e. The standard InChI is InChI=1S/C17H17N5S/c1-2-4-15(5-3-1)22-11-13(10-19-22)16-6-8-18-17(21-16)20-14-7-9-23-12-14/h1-6,8,10-11,14H,7,9,12H2,(H,18,20,21). The Bertz CT molecular complexity index is 780. The van der Waals surface area contributed by atoms with Crippen molar-refractivity contribution in [2.75, 3.05) is 16.8 Å². The number of nitrogens with one attached hydrogen (secondary N) is 1. The molecule has 0 aliphatic carbocycles. The third-order valence-corrected chi connectivity index (χ3v) is 4.98. The minimum atomic E-state index is 0.474. The number of benzene rings is 1. The zero-order valence-electron chi connectivity index (χ0n) is 12.6. The average Bonchev–Trinajstić information content (AvgIpc) is 3.28. The van der Waals surface area contributed by atoms with Crippen molar-refractivity contribution in [2.24, 2.45) is 0 Å². The van der Waals surface area contributed by atoms with Crippen LogP contribution in [0.5, 0.6) is 0 Å². The van der Waals surface area contributed by atoms with E-state index in [0.717, 1.165) is 22.7 Å². The molecule has 2 aromatic heterocycles. The van der Waals surface area contributed by atoms with Gasteiger partial charge in [0, 0.05) is 29.8 Å². The number of hydrogen-bond donors (Lipinski definition) is 1. The van der Waals surface area contributed by atoms with E-state index < -0.39 is 0 Å². The Labute approximate surface area is 139 Å². The van der Waals surface area contributed by atoms with E-state index in [9.17, 15) is 0 Å². The zero-order chi connectivity index (χ0) is 15.5. The van der Waals surface area contributed by atoms with Crippen LogP contribution >= 0.6 is 11.8 Å². The summed E-state index contributed by atoms with van der Waals surface area (Å²) in [4.78, 5) is 8.96. The summed E-state index contributed by atoms with van der Waals surface area (Å²) in [7, 11) is 0. The fourth-order valence-corrected chi connectivity index (χ4v) is 3.75. The van der Waals surface area contributed by atoms with E-state index in [1.807, 2.05) is 65.2 Å². The van der Waals surface area contributed by atoms with Crippen LogP contribution in [-0.2, 0) is 0 Å². The first-order valence-corrected chi connectivity index (χ1v) is 8.82. The van der Waals surface area contributed by atoms with Gasteiger partial charge in [-0.2, -0.15) is 16.9 Å². The maximum absolute atomic E-state index is 4.63. The lowest BCUT2D eigenvalue weighted by Gasteiger charge is -2.11. The van der Waals surface area contributed by atoms with Crippen LogP contribution in [-0.4, -0.2) is 37.3 Å². The van der Waals surface area contributed by atoms with Crippen molar-refractivity contribution in [3.05, 3.63) is 55.0 Å². The first kappa shape index (κ1) is 14.3. The van der Waals surface area contributed by atoms with Crippen LogP contribution in [0.3, 0.4) is 0 Å². The molecule has 6 heteroatoms. The highest BCUT2D eigenvalue weighted by Gasteiger charge is 2.16. The molecule has 3 heterocycles. The van der Waals surface area contributed by atoms with Gasteiger partial charge in [0.2, 0.25) is 5.95 Å². The molecular formula is C17H17N5S. The van der Waals surface area contributed by atoms with Gasteiger partial charge < -0.3 is 5.32 Å². The molecule has 116 valence electrons. The Morgan fingerprint density at radius 2 is 2.09 bits per heavy atom. The molecule has 1 N–H and O–H groups in total. The molecule has 0 saturated carbocycles. The Hall–Kier alpha value is -2.34. The van der Waals surface area contributed by atoms with Gasteiger partial charge in [-0.05, 0) is 30.4 Å². The molecule has 4 rings (SSSR count). The number of aromatic nitrogens is 4. The SMILES string of the molecule is c1ccc(-n2cc(-c3ccnc(NC4CCSC4)n3)cn2)cc1. The second-order valence-electron chi connectivity index (χ2n) is 5.48. The molecule has 1 atom stereocenters. The molecule has 1 aliphatic heterocycles. The minimum Gasteiger partial charge on any atom is -0.351 e. The van der Waals surface area contributed by atoms with Gasteiger partial charge >= 0.3 is 0 Å². The van der Waals surface area contributed by atoms with Gasteiger partial charge in [0.05, 0.1) is 17.6 Å². The predicted octanol–water partition coefficient (Wildman–Crippen LogP) is 3.25. The predicted molar refractivity (Wildman–Crippen MR) is 93.9 cm³/mol. The number of thioether (sulfide) groups is 1. The average molecular weight is 323 g/mol. The van der Waals surface area contributed by atoms with E-state index >= 15 is 0 Å². The topological polar surface area (TPSA) is 55.6 Å². The number of nitrogens with zero attached hydrogens (tertiary/aromatic N) is 4. The van der Waals surface area contributed by atoms with Crippen molar-refractivity contribution < 1.29 is 0 Å². The molecule has 0 spiro atoms. The Kier molecular flexibility index (Phi) is 3.98. The fourth-order valence-electron chi connectivity index (χ4n) is 2.60. The molecule has 23 heavy (non-hydrogen) atoms. The summed E-state index contributed by atoms with van der Waals surface area (Å²) in [6.45, 7) is 0. The molecule has 0 bridgehead atoms. The van der Waals surface area contributed by atoms with Crippen LogP contribution in [0.15, 0.2) is 55.0 Å². The number of anilines is 1. The molecular weight excluding hydrogens is 306 g/mol. The molecule has 1 aliphatic rings. The first-order chi connectivity index (χ1) is 11.4. The van der Waals surface area contributed by atoms with E-state index in [0.29, 0.717) is 12.0 Å². The molecule has 0 amide bonds. The summed E-state index contributed by atoms with van der Waals surface area (Å²) in [6, 6.07) is 12.5. The Morgan fingerprint density at radius 1 is 1.17 bits per heavy atom. The van der Waals surface area contributed by atoms with E-state index in [2.05, 4.69) is 20.4 Å². The van der Waals surface area contributed by atoms with Crippen LogP contribution in [0.4, 0.5) is 5.95 Å². The Balaban J connectivity index is 1.57. The van der Waals surface area contributed by atoms with Gasteiger partial charge in [-0.1, -0.05) is 18.2 Å². The second kappa shape index (κ2) is 6.42. The van der Waals surface area contributed by atoms with Gasteiger partial charge in [0.25, 0.3) is 0 Å².